The average Bonchev–Trinajstić information content (AvgIpc) is 2.69. The van der Waals surface area contributed by atoms with E-state index in [1.165, 1.54) is 32.0 Å². The number of aromatic nitrogens is 2. The molecule has 1 N–H and O–H groups in total. The summed E-state index contributed by atoms with van der Waals surface area (Å²) in [5.41, 5.74) is 0. The third kappa shape index (κ3) is 2.59. The summed E-state index contributed by atoms with van der Waals surface area (Å²) < 4.78 is 0. The molecule has 0 aromatic carbocycles. The van der Waals surface area contributed by atoms with Gasteiger partial charge in [0.2, 0.25) is 0 Å². The Kier molecular flexibility index (Phi) is 3.39. The maximum atomic E-state index is 5.90. The number of nitrogens with one attached hydrogen (secondary N) is 1. The van der Waals surface area contributed by atoms with Crippen molar-refractivity contribution in [1.82, 2.24) is 15.3 Å². The Labute approximate surface area is 113 Å². The third-order valence-electron chi connectivity index (χ3n) is 4.11. The van der Waals surface area contributed by atoms with Gasteiger partial charge in [0.05, 0.1) is 0 Å². The fourth-order valence-corrected chi connectivity index (χ4v) is 3.48. The molecular weight excluding hydrogens is 248 g/mol. The van der Waals surface area contributed by atoms with Crippen LogP contribution >= 0.6 is 11.6 Å². The molecule has 5 heteroatoms. The van der Waals surface area contributed by atoms with Gasteiger partial charge in [0.1, 0.15) is 17.3 Å². The Hall–Kier alpha value is -0.870. The topological polar surface area (TPSA) is 41.0 Å². The van der Waals surface area contributed by atoms with Crippen molar-refractivity contribution >= 4 is 17.4 Å². The predicted octanol–water partition coefficient (Wildman–Crippen LogP) is 2.10. The first-order valence-electron chi connectivity index (χ1n) is 6.65. The summed E-state index contributed by atoms with van der Waals surface area (Å²) in [5.74, 6) is 1.68. The number of halogens is 1. The van der Waals surface area contributed by atoms with E-state index >= 15 is 0 Å². The minimum Gasteiger partial charge on any atom is -0.359 e. The van der Waals surface area contributed by atoms with Crippen molar-refractivity contribution in [3.8, 4) is 0 Å². The highest BCUT2D eigenvalue weighted by Gasteiger charge is 2.33. The molecule has 2 aliphatic heterocycles. The second kappa shape index (κ2) is 5.02. The first-order chi connectivity index (χ1) is 8.70. The number of hydrogen-bond acceptors (Lipinski definition) is 4. The molecule has 2 unspecified atom stereocenters. The van der Waals surface area contributed by atoms with Gasteiger partial charge in [0, 0.05) is 31.7 Å². The molecule has 2 aliphatic rings. The van der Waals surface area contributed by atoms with Gasteiger partial charge in [-0.05, 0) is 31.6 Å². The zero-order chi connectivity index (χ0) is 12.5. The molecule has 3 rings (SSSR count). The van der Waals surface area contributed by atoms with E-state index in [0.717, 1.165) is 30.4 Å². The minimum atomic E-state index is 0.511. The van der Waals surface area contributed by atoms with Crippen LogP contribution in [0.3, 0.4) is 0 Å². The van der Waals surface area contributed by atoms with Crippen LogP contribution in [0.1, 0.15) is 25.7 Å². The molecule has 4 nitrogen and oxygen atoms in total. The minimum absolute atomic E-state index is 0.511. The van der Waals surface area contributed by atoms with Gasteiger partial charge in [0.25, 0.3) is 0 Å². The Morgan fingerprint density at radius 1 is 1.33 bits per heavy atom. The van der Waals surface area contributed by atoms with Crippen LogP contribution in [-0.2, 0) is 0 Å². The second-order valence-electron chi connectivity index (χ2n) is 5.55. The Morgan fingerprint density at radius 3 is 2.72 bits per heavy atom. The lowest BCUT2D eigenvalue weighted by Gasteiger charge is -2.32. The summed E-state index contributed by atoms with van der Waals surface area (Å²) in [7, 11) is 2.09. The Morgan fingerprint density at radius 2 is 2.06 bits per heavy atom. The molecule has 0 spiro atoms. The SMILES string of the molecule is CN(CC1CC2CCC(C1)N2)c1cc(Cl)ncn1. The summed E-state index contributed by atoms with van der Waals surface area (Å²) in [6.45, 7) is 1.06. The Bertz CT molecular complexity index is 413. The van der Waals surface area contributed by atoms with Gasteiger partial charge in [-0.1, -0.05) is 11.6 Å². The lowest BCUT2D eigenvalue weighted by atomic mass is 9.92. The molecule has 1 aromatic heterocycles. The van der Waals surface area contributed by atoms with Crippen LogP contribution in [0.25, 0.3) is 0 Å². The van der Waals surface area contributed by atoms with Crippen molar-refractivity contribution in [2.75, 3.05) is 18.5 Å². The maximum absolute atomic E-state index is 5.90. The van der Waals surface area contributed by atoms with E-state index in [1.54, 1.807) is 0 Å². The van der Waals surface area contributed by atoms with E-state index in [2.05, 4.69) is 27.2 Å². The maximum Gasteiger partial charge on any atom is 0.134 e. The highest BCUT2D eigenvalue weighted by molar-refractivity contribution is 6.29. The molecule has 1 aromatic rings. The van der Waals surface area contributed by atoms with Crippen molar-refractivity contribution in [1.29, 1.82) is 0 Å². The first-order valence-corrected chi connectivity index (χ1v) is 7.03. The Balaban J connectivity index is 1.62. The number of hydrogen-bond donors (Lipinski definition) is 1. The van der Waals surface area contributed by atoms with Crippen LogP contribution in [0.5, 0.6) is 0 Å². The molecule has 2 fully saturated rings. The standard InChI is InChI=1S/C13H19ClN4/c1-18(13-6-12(14)15-8-16-13)7-9-4-10-2-3-11(5-9)17-10/h6,8-11,17H,2-5,7H2,1H3. The van der Waals surface area contributed by atoms with Gasteiger partial charge >= 0.3 is 0 Å². The number of rotatable bonds is 3. The molecule has 0 aliphatic carbocycles. The molecule has 2 saturated heterocycles. The van der Waals surface area contributed by atoms with Crippen molar-refractivity contribution in [2.45, 2.75) is 37.8 Å². The van der Waals surface area contributed by atoms with E-state index in [0.29, 0.717) is 5.15 Å². The van der Waals surface area contributed by atoms with Gasteiger partial charge in [0.15, 0.2) is 0 Å². The summed E-state index contributed by atoms with van der Waals surface area (Å²) in [6.07, 6.45) is 6.81. The molecule has 98 valence electrons. The summed E-state index contributed by atoms with van der Waals surface area (Å²) in [6, 6.07) is 3.32. The molecule has 0 radical (unpaired) electrons. The lowest BCUT2D eigenvalue weighted by molar-refractivity contribution is 0.303. The molecule has 18 heavy (non-hydrogen) atoms. The van der Waals surface area contributed by atoms with Crippen LogP contribution in [0, 0.1) is 5.92 Å². The number of anilines is 1. The quantitative estimate of drug-likeness (QED) is 0.851. The fourth-order valence-electron chi connectivity index (χ4n) is 3.34. The van der Waals surface area contributed by atoms with Gasteiger partial charge in [-0.15, -0.1) is 0 Å². The van der Waals surface area contributed by atoms with E-state index in [4.69, 9.17) is 11.6 Å². The lowest BCUT2D eigenvalue weighted by Crippen LogP contribution is -2.41. The van der Waals surface area contributed by atoms with Gasteiger partial charge < -0.3 is 10.2 Å². The van der Waals surface area contributed by atoms with E-state index in [1.807, 2.05) is 6.07 Å². The van der Waals surface area contributed by atoms with Crippen LogP contribution in [0.4, 0.5) is 5.82 Å². The van der Waals surface area contributed by atoms with Crippen LogP contribution in [-0.4, -0.2) is 35.6 Å². The largest absolute Gasteiger partial charge is 0.359 e. The van der Waals surface area contributed by atoms with Crippen LogP contribution < -0.4 is 10.2 Å². The van der Waals surface area contributed by atoms with Crippen LogP contribution in [0.15, 0.2) is 12.4 Å². The van der Waals surface area contributed by atoms with Crippen molar-refractivity contribution in [3.05, 3.63) is 17.5 Å². The summed E-state index contributed by atoms with van der Waals surface area (Å²) in [4.78, 5) is 10.4. The van der Waals surface area contributed by atoms with Crippen molar-refractivity contribution in [3.63, 3.8) is 0 Å². The van der Waals surface area contributed by atoms with E-state index < -0.39 is 0 Å². The number of fused-ring (bicyclic) bond motifs is 2. The molecule has 0 saturated carbocycles. The smallest absolute Gasteiger partial charge is 0.134 e. The molecule has 2 bridgehead atoms. The monoisotopic (exact) mass is 266 g/mol. The summed E-state index contributed by atoms with van der Waals surface area (Å²) in [5, 5.41) is 4.19. The highest BCUT2D eigenvalue weighted by atomic mass is 35.5. The fraction of sp³-hybridized carbons (Fsp3) is 0.692. The molecule has 2 atom stereocenters. The molecular formula is C13H19ClN4. The first kappa shape index (κ1) is 12.2. The highest BCUT2D eigenvalue weighted by Crippen LogP contribution is 2.31. The van der Waals surface area contributed by atoms with E-state index in [-0.39, 0.29) is 0 Å². The van der Waals surface area contributed by atoms with E-state index in [9.17, 15) is 0 Å². The zero-order valence-electron chi connectivity index (χ0n) is 10.6. The number of nitrogens with zero attached hydrogens (tertiary/aromatic N) is 3. The van der Waals surface area contributed by atoms with Gasteiger partial charge in [-0.25, -0.2) is 9.97 Å². The second-order valence-corrected chi connectivity index (χ2v) is 5.94. The average molecular weight is 267 g/mol. The zero-order valence-corrected chi connectivity index (χ0v) is 11.4. The molecule has 0 amide bonds. The summed E-state index contributed by atoms with van der Waals surface area (Å²) >= 11 is 5.90. The van der Waals surface area contributed by atoms with Crippen molar-refractivity contribution < 1.29 is 0 Å². The normalized spacial score (nSPS) is 30.4. The number of piperidine rings is 1. The molecule has 3 heterocycles. The van der Waals surface area contributed by atoms with Crippen molar-refractivity contribution in [2.24, 2.45) is 5.92 Å². The third-order valence-corrected chi connectivity index (χ3v) is 4.32. The van der Waals surface area contributed by atoms with Crippen LogP contribution in [0.2, 0.25) is 5.15 Å². The van der Waals surface area contributed by atoms with Gasteiger partial charge in [-0.3, -0.25) is 0 Å². The predicted molar refractivity (Wildman–Crippen MR) is 73.0 cm³/mol. The van der Waals surface area contributed by atoms with Gasteiger partial charge in [-0.2, -0.15) is 0 Å².